The zero-order chi connectivity index (χ0) is 16.8. The minimum Gasteiger partial charge on any atom is -0.219 e. The summed E-state index contributed by atoms with van der Waals surface area (Å²) in [6.45, 7) is 0.895. The number of rotatable bonds is 5. The van der Waals surface area contributed by atoms with Crippen LogP contribution in [0, 0.1) is 0 Å². The second-order valence-corrected chi connectivity index (χ2v) is 6.59. The Balaban J connectivity index is 1.59. The van der Waals surface area contributed by atoms with Gasteiger partial charge in [-0.3, -0.25) is 0 Å². The molecule has 0 fully saturated rings. The standard InChI is InChI=1S/C20H19BrN2O/c21-19-8-6-18(7-9-19)16-20(24)23-14-12-22(13-15-23)11-10-17-4-2-1-3-5-17/h1-9,12-15H,10-11,16H2/q+2. The van der Waals surface area contributed by atoms with E-state index in [1.807, 2.05) is 55.1 Å². The number of halogens is 1. The Bertz CT molecular complexity index is 799. The zero-order valence-corrected chi connectivity index (χ0v) is 14.9. The molecule has 3 aromatic rings. The summed E-state index contributed by atoms with van der Waals surface area (Å²) in [5, 5.41) is 0. The Kier molecular flexibility index (Phi) is 5.49. The fourth-order valence-corrected chi connectivity index (χ4v) is 2.77. The van der Waals surface area contributed by atoms with Crippen molar-refractivity contribution < 1.29 is 13.9 Å². The molecule has 4 heteroatoms. The van der Waals surface area contributed by atoms with E-state index >= 15 is 0 Å². The predicted octanol–water partition coefficient (Wildman–Crippen LogP) is 3.15. The summed E-state index contributed by atoms with van der Waals surface area (Å²) in [6.07, 6.45) is 8.91. The number of carbonyl (C=O) groups excluding carboxylic acids is 1. The van der Waals surface area contributed by atoms with Gasteiger partial charge in [-0.05, 0) is 23.3 Å². The maximum absolute atomic E-state index is 12.3. The van der Waals surface area contributed by atoms with Crippen molar-refractivity contribution >= 4 is 21.8 Å². The highest BCUT2D eigenvalue weighted by Crippen LogP contribution is 2.10. The number of aryl methyl sites for hydroxylation is 2. The van der Waals surface area contributed by atoms with Gasteiger partial charge in [0, 0.05) is 10.9 Å². The van der Waals surface area contributed by atoms with Crippen LogP contribution in [0.15, 0.2) is 83.9 Å². The zero-order valence-electron chi connectivity index (χ0n) is 13.3. The molecule has 1 aromatic heterocycles. The van der Waals surface area contributed by atoms with E-state index in [-0.39, 0.29) is 5.91 Å². The first-order chi connectivity index (χ1) is 11.7. The largest absolute Gasteiger partial charge is 0.396 e. The molecule has 0 aliphatic carbocycles. The lowest BCUT2D eigenvalue weighted by Crippen LogP contribution is -2.47. The molecule has 0 spiro atoms. The van der Waals surface area contributed by atoms with E-state index in [0.717, 1.165) is 23.0 Å². The van der Waals surface area contributed by atoms with Crippen LogP contribution in [-0.2, 0) is 19.4 Å². The molecule has 0 N–H and O–H groups in total. The first-order valence-corrected chi connectivity index (χ1v) is 8.72. The maximum atomic E-state index is 12.3. The van der Waals surface area contributed by atoms with Gasteiger partial charge in [0.25, 0.3) is 0 Å². The number of benzene rings is 2. The molecule has 0 atom stereocenters. The van der Waals surface area contributed by atoms with Gasteiger partial charge in [0.05, 0.1) is 6.42 Å². The van der Waals surface area contributed by atoms with Crippen LogP contribution in [0.1, 0.15) is 15.9 Å². The minimum absolute atomic E-state index is 0.0625. The fraction of sp³-hybridized carbons (Fsp3) is 0.150. The van der Waals surface area contributed by atoms with Gasteiger partial charge in [0.2, 0.25) is 24.8 Å². The van der Waals surface area contributed by atoms with Crippen LogP contribution in [0.25, 0.3) is 0 Å². The summed E-state index contributed by atoms with van der Waals surface area (Å²) in [5.74, 6) is 0.0625. The average Bonchev–Trinajstić information content (AvgIpc) is 2.63. The molecule has 0 unspecified atom stereocenters. The monoisotopic (exact) mass is 382 g/mol. The lowest BCUT2D eigenvalue weighted by molar-refractivity contribution is -0.717. The third-order valence-electron chi connectivity index (χ3n) is 3.90. The fourth-order valence-electron chi connectivity index (χ4n) is 2.50. The third-order valence-corrected chi connectivity index (χ3v) is 4.42. The second kappa shape index (κ2) is 7.97. The van der Waals surface area contributed by atoms with Crippen molar-refractivity contribution in [2.75, 3.05) is 0 Å². The van der Waals surface area contributed by atoms with Crippen LogP contribution < -0.4 is 9.13 Å². The molecule has 0 saturated heterocycles. The van der Waals surface area contributed by atoms with Gasteiger partial charge < -0.3 is 0 Å². The Labute approximate surface area is 150 Å². The molecule has 0 aliphatic heterocycles. The number of nitrogens with zero attached hydrogens (tertiary/aromatic N) is 2. The molecule has 120 valence electrons. The van der Waals surface area contributed by atoms with Crippen LogP contribution in [0.3, 0.4) is 0 Å². The summed E-state index contributed by atoms with van der Waals surface area (Å²) in [4.78, 5) is 12.3. The quantitative estimate of drug-likeness (QED) is 0.622. The van der Waals surface area contributed by atoms with Crippen molar-refractivity contribution in [3.63, 3.8) is 0 Å². The van der Waals surface area contributed by atoms with Gasteiger partial charge >= 0.3 is 5.91 Å². The first-order valence-electron chi connectivity index (χ1n) is 7.93. The Morgan fingerprint density at radius 3 is 2.17 bits per heavy atom. The molecule has 24 heavy (non-hydrogen) atoms. The first kappa shape index (κ1) is 16.5. The van der Waals surface area contributed by atoms with E-state index in [1.54, 1.807) is 4.57 Å². The van der Waals surface area contributed by atoms with E-state index in [4.69, 9.17) is 0 Å². The number of carbonyl (C=O) groups is 1. The SMILES string of the molecule is O=C(Cc1ccc(Br)cc1)[n+]1cc[n+](CCc2ccccc2)cc1. The summed E-state index contributed by atoms with van der Waals surface area (Å²) >= 11 is 3.40. The normalized spacial score (nSPS) is 10.5. The molecule has 0 saturated carbocycles. The molecule has 0 bridgehead atoms. The van der Waals surface area contributed by atoms with Crippen molar-refractivity contribution in [1.82, 2.24) is 0 Å². The topological polar surface area (TPSA) is 24.8 Å². The van der Waals surface area contributed by atoms with Crippen LogP contribution in [-0.4, -0.2) is 5.91 Å². The predicted molar refractivity (Wildman–Crippen MR) is 95.5 cm³/mol. The van der Waals surface area contributed by atoms with Crippen molar-refractivity contribution in [3.05, 3.63) is 95.0 Å². The van der Waals surface area contributed by atoms with Crippen LogP contribution >= 0.6 is 15.9 Å². The van der Waals surface area contributed by atoms with Crippen molar-refractivity contribution in [1.29, 1.82) is 0 Å². The highest BCUT2D eigenvalue weighted by atomic mass is 79.9. The van der Waals surface area contributed by atoms with Crippen molar-refractivity contribution in [3.8, 4) is 0 Å². The van der Waals surface area contributed by atoms with Gasteiger partial charge in [0.15, 0.2) is 6.54 Å². The molecule has 0 aliphatic rings. The number of aromatic nitrogens is 2. The van der Waals surface area contributed by atoms with Crippen molar-refractivity contribution in [2.45, 2.75) is 19.4 Å². The molecule has 0 amide bonds. The number of hydrogen-bond donors (Lipinski definition) is 0. The van der Waals surface area contributed by atoms with Gasteiger partial charge in [0.1, 0.15) is 0 Å². The summed E-state index contributed by atoms with van der Waals surface area (Å²) < 4.78 is 4.75. The molecule has 0 radical (unpaired) electrons. The summed E-state index contributed by atoms with van der Waals surface area (Å²) in [7, 11) is 0. The Morgan fingerprint density at radius 2 is 1.50 bits per heavy atom. The highest BCUT2D eigenvalue weighted by molar-refractivity contribution is 9.10. The molecule has 2 aromatic carbocycles. The molecule has 3 nitrogen and oxygen atoms in total. The van der Waals surface area contributed by atoms with E-state index in [2.05, 4.69) is 44.8 Å². The van der Waals surface area contributed by atoms with Crippen LogP contribution in [0.2, 0.25) is 0 Å². The van der Waals surface area contributed by atoms with Gasteiger partial charge in [-0.2, -0.15) is 4.57 Å². The van der Waals surface area contributed by atoms with E-state index < -0.39 is 0 Å². The minimum atomic E-state index is 0.0625. The average molecular weight is 383 g/mol. The van der Waals surface area contributed by atoms with E-state index in [0.29, 0.717) is 6.42 Å². The van der Waals surface area contributed by atoms with Crippen molar-refractivity contribution in [2.24, 2.45) is 0 Å². The second-order valence-electron chi connectivity index (χ2n) is 5.67. The summed E-state index contributed by atoms with van der Waals surface area (Å²) in [6, 6.07) is 18.2. The Morgan fingerprint density at radius 1 is 0.833 bits per heavy atom. The van der Waals surface area contributed by atoms with Gasteiger partial charge in [-0.25, -0.2) is 4.79 Å². The lowest BCUT2D eigenvalue weighted by Gasteiger charge is -1.99. The Hall–Kier alpha value is -2.33. The molecule has 3 rings (SSSR count). The van der Waals surface area contributed by atoms with E-state index in [1.165, 1.54) is 5.56 Å². The maximum Gasteiger partial charge on any atom is 0.396 e. The smallest absolute Gasteiger partial charge is 0.219 e. The van der Waals surface area contributed by atoms with Crippen LogP contribution in [0.5, 0.6) is 0 Å². The molecular weight excluding hydrogens is 364 g/mol. The summed E-state index contributed by atoms with van der Waals surface area (Å²) in [5.41, 5.74) is 2.32. The van der Waals surface area contributed by atoms with Crippen LogP contribution in [0.4, 0.5) is 0 Å². The third kappa shape index (κ3) is 4.59. The van der Waals surface area contributed by atoms with E-state index in [9.17, 15) is 4.79 Å². The number of hydrogen-bond acceptors (Lipinski definition) is 1. The van der Waals surface area contributed by atoms with Gasteiger partial charge in [-0.1, -0.05) is 58.4 Å². The highest BCUT2D eigenvalue weighted by Gasteiger charge is 2.16. The molecular formula is C20H19BrN2O+2. The van der Waals surface area contributed by atoms with Gasteiger partial charge in [-0.15, -0.1) is 4.57 Å². The lowest BCUT2D eigenvalue weighted by atomic mass is 10.1. The molecule has 1 heterocycles.